The fourth-order valence-electron chi connectivity index (χ4n) is 12.6. The second-order valence-electron chi connectivity index (χ2n) is 16.5. The van der Waals surface area contributed by atoms with Crippen molar-refractivity contribution in [3.63, 3.8) is 0 Å². The van der Waals surface area contributed by atoms with E-state index < -0.39 is 0 Å². The van der Waals surface area contributed by atoms with Gasteiger partial charge >= 0.3 is 11.9 Å². The van der Waals surface area contributed by atoms with E-state index in [9.17, 15) is 9.59 Å². The summed E-state index contributed by atoms with van der Waals surface area (Å²) in [5, 5.41) is 0. The minimum Gasteiger partial charge on any atom is -0.459 e. The first kappa shape index (κ1) is 28.5. The molecule has 216 valence electrons. The zero-order chi connectivity index (χ0) is 28.1. The summed E-state index contributed by atoms with van der Waals surface area (Å²) in [7, 11) is 0. The predicted octanol–water partition coefficient (Wildman–Crippen LogP) is 8.22. The number of carbonyl (C=O) groups excluding carboxylic acids is 2. The average Bonchev–Trinajstić information content (AvgIpc) is 3.14. The molecule has 0 aliphatic heterocycles. The van der Waals surface area contributed by atoms with Crippen molar-refractivity contribution in [2.45, 2.75) is 139 Å². The number of esters is 2. The van der Waals surface area contributed by atoms with Crippen molar-refractivity contribution in [2.75, 3.05) is 0 Å². The van der Waals surface area contributed by atoms with Gasteiger partial charge in [0.15, 0.2) is 0 Å². The highest BCUT2D eigenvalue weighted by atomic mass is 16.6. The maximum absolute atomic E-state index is 12.3. The highest BCUT2D eigenvalue weighted by molar-refractivity contribution is 5.67. The Morgan fingerprint density at radius 1 is 0.737 bits per heavy atom. The molecule has 0 heterocycles. The van der Waals surface area contributed by atoms with Gasteiger partial charge in [-0.1, -0.05) is 55.4 Å². The second-order valence-corrected chi connectivity index (χ2v) is 16.5. The third kappa shape index (κ3) is 3.80. The molecule has 0 spiro atoms. The summed E-state index contributed by atoms with van der Waals surface area (Å²) in [6.45, 7) is 23.0. The van der Waals surface area contributed by atoms with Crippen LogP contribution < -0.4 is 0 Å². The van der Waals surface area contributed by atoms with E-state index in [0.717, 1.165) is 30.1 Å². The van der Waals surface area contributed by atoms with Crippen LogP contribution in [0, 0.1) is 62.6 Å². The molecule has 0 saturated heterocycles. The number of hydrogen-bond acceptors (Lipinski definition) is 4. The van der Waals surface area contributed by atoms with Crippen LogP contribution in [0.2, 0.25) is 0 Å². The number of ether oxygens (including phenoxy) is 2. The van der Waals surface area contributed by atoms with Gasteiger partial charge in [0.25, 0.3) is 0 Å². The Kier molecular flexibility index (Phi) is 6.72. The molecule has 0 amide bonds. The molecule has 5 fully saturated rings. The molecule has 5 rings (SSSR count). The van der Waals surface area contributed by atoms with Gasteiger partial charge in [0.1, 0.15) is 12.2 Å². The van der Waals surface area contributed by atoms with Crippen molar-refractivity contribution in [3.05, 3.63) is 0 Å². The van der Waals surface area contributed by atoms with Crippen LogP contribution in [-0.2, 0) is 19.1 Å². The summed E-state index contributed by atoms with van der Waals surface area (Å²) in [6.07, 6.45) is 10.7. The van der Waals surface area contributed by atoms with E-state index in [1.54, 1.807) is 0 Å². The smallest absolute Gasteiger partial charge is 0.303 e. The quantitative estimate of drug-likeness (QED) is 0.346. The van der Waals surface area contributed by atoms with Crippen LogP contribution in [0.25, 0.3) is 0 Å². The maximum Gasteiger partial charge on any atom is 0.303 e. The molecule has 38 heavy (non-hydrogen) atoms. The molecule has 0 aromatic rings. The van der Waals surface area contributed by atoms with Crippen LogP contribution in [0.1, 0.15) is 127 Å². The third-order valence-electron chi connectivity index (χ3n) is 14.2. The molecule has 0 N–H and O–H groups in total. The van der Waals surface area contributed by atoms with Gasteiger partial charge in [0.2, 0.25) is 0 Å². The number of carbonyl (C=O) groups is 2. The Bertz CT molecular complexity index is 970. The first-order chi connectivity index (χ1) is 17.5. The van der Waals surface area contributed by atoms with Gasteiger partial charge in [0, 0.05) is 19.3 Å². The lowest BCUT2D eigenvalue weighted by molar-refractivity contribution is -0.268. The standard InChI is InChI=1S/C34H56O4/c1-20(2)23-13-15-31(7)17-18-33(9)24(28(23)31)11-12-27-32(8)19-25(37-21(3)35)29(38-22(4)36)30(5,6)26(32)14-16-34(27,33)10/h20,23-29H,11-19H2,1-10H3/t23-,24+,25+,26-,27-,28+,29+,31+,32-,33+,34+/m0/s1. The van der Waals surface area contributed by atoms with Crippen LogP contribution in [0.15, 0.2) is 0 Å². The lowest BCUT2D eigenvalue weighted by atomic mass is 9.32. The minimum absolute atomic E-state index is 0.0507. The zero-order valence-corrected chi connectivity index (χ0v) is 26.1. The number of fused-ring (bicyclic) bond motifs is 7. The van der Waals surface area contributed by atoms with Crippen molar-refractivity contribution < 1.29 is 19.1 Å². The van der Waals surface area contributed by atoms with Crippen molar-refractivity contribution in [1.82, 2.24) is 0 Å². The molecule has 0 radical (unpaired) electrons. The van der Waals surface area contributed by atoms with Crippen LogP contribution in [0.3, 0.4) is 0 Å². The van der Waals surface area contributed by atoms with E-state index in [1.165, 1.54) is 65.2 Å². The van der Waals surface area contributed by atoms with Gasteiger partial charge in [-0.15, -0.1) is 0 Å². The zero-order valence-electron chi connectivity index (χ0n) is 26.1. The van der Waals surface area contributed by atoms with Crippen molar-refractivity contribution in [1.29, 1.82) is 0 Å². The van der Waals surface area contributed by atoms with Gasteiger partial charge in [0.05, 0.1) is 0 Å². The molecule has 0 unspecified atom stereocenters. The third-order valence-corrected chi connectivity index (χ3v) is 14.2. The molecular formula is C34H56O4. The maximum atomic E-state index is 12.3. The molecule has 5 aliphatic rings. The van der Waals surface area contributed by atoms with E-state index in [4.69, 9.17) is 9.47 Å². The summed E-state index contributed by atoms with van der Waals surface area (Å²) in [5.41, 5.74) is 0.942. The molecule has 0 bridgehead atoms. The monoisotopic (exact) mass is 528 g/mol. The van der Waals surface area contributed by atoms with E-state index in [0.29, 0.717) is 22.7 Å². The first-order valence-corrected chi connectivity index (χ1v) is 15.9. The average molecular weight is 529 g/mol. The summed E-state index contributed by atoms with van der Waals surface area (Å²) in [6, 6.07) is 0. The second kappa shape index (κ2) is 8.97. The molecular weight excluding hydrogens is 472 g/mol. The largest absolute Gasteiger partial charge is 0.459 e. The van der Waals surface area contributed by atoms with E-state index >= 15 is 0 Å². The predicted molar refractivity (Wildman–Crippen MR) is 151 cm³/mol. The van der Waals surface area contributed by atoms with E-state index in [-0.39, 0.29) is 40.4 Å². The molecule has 0 aromatic heterocycles. The highest BCUT2D eigenvalue weighted by Gasteiger charge is 2.71. The fourth-order valence-corrected chi connectivity index (χ4v) is 12.6. The topological polar surface area (TPSA) is 52.6 Å². The Hall–Kier alpha value is -1.06. The summed E-state index contributed by atoms with van der Waals surface area (Å²) in [5.74, 6) is 3.78. The van der Waals surface area contributed by atoms with Crippen LogP contribution in [-0.4, -0.2) is 24.1 Å². The summed E-state index contributed by atoms with van der Waals surface area (Å²) >= 11 is 0. The SMILES string of the molecule is CC(=O)O[C@@H]1[C@H](OC(C)=O)C[C@@]2(C)[C@@H](CC[C@]3(C)[C@H]2CC[C@@H]2[C@H]4[C@H](C(C)C)CC[C@]4(C)CC[C@]23C)C1(C)C. The summed E-state index contributed by atoms with van der Waals surface area (Å²) in [4.78, 5) is 24.4. The molecule has 4 nitrogen and oxygen atoms in total. The fraction of sp³-hybridized carbons (Fsp3) is 0.941. The molecule has 11 atom stereocenters. The van der Waals surface area contributed by atoms with Gasteiger partial charge in [-0.25, -0.2) is 0 Å². The van der Waals surface area contributed by atoms with Crippen molar-refractivity contribution in [2.24, 2.45) is 62.6 Å². The Morgan fingerprint density at radius 2 is 1.39 bits per heavy atom. The van der Waals surface area contributed by atoms with Crippen LogP contribution >= 0.6 is 0 Å². The number of hydrogen-bond donors (Lipinski definition) is 0. The lowest BCUT2D eigenvalue weighted by Gasteiger charge is -2.73. The lowest BCUT2D eigenvalue weighted by Crippen LogP contribution is -2.68. The normalized spacial score (nSPS) is 51.3. The van der Waals surface area contributed by atoms with Gasteiger partial charge in [-0.05, 0) is 115 Å². The Balaban J connectivity index is 1.54. The molecule has 4 heteroatoms. The van der Waals surface area contributed by atoms with Crippen molar-refractivity contribution in [3.8, 4) is 0 Å². The van der Waals surface area contributed by atoms with Gasteiger partial charge in [-0.3, -0.25) is 9.59 Å². The summed E-state index contributed by atoms with van der Waals surface area (Å²) < 4.78 is 12.0. The Labute approximate surface area is 232 Å². The molecule has 0 aromatic carbocycles. The number of rotatable bonds is 3. The molecule has 5 aliphatic carbocycles. The molecule has 5 saturated carbocycles. The van der Waals surface area contributed by atoms with E-state index in [2.05, 4.69) is 55.4 Å². The van der Waals surface area contributed by atoms with E-state index in [1.807, 2.05) is 0 Å². The van der Waals surface area contributed by atoms with Crippen LogP contribution in [0.4, 0.5) is 0 Å². The van der Waals surface area contributed by atoms with Gasteiger partial charge < -0.3 is 9.47 Å². The van der Waals surface area contributed by atoms with Gasteiger partial charge in [-0.2, -0.15) is 0 Å². The minimum atomic E-state index is -0.390. The van der Waals surface area contributed by atoms with Crippen LogP contribution in [0.5, 0.6) is 0 Å². The first-order valence-electron chi connectivity index (χ1n) is 15.9. The highest BCUT2D eigenvalue weighted by Crippen LogP contribution is 2.77. The Morgan fingerprint density at radius 3 is 2.00 bits per heavy atom. The van der Waals surface area contributed by atoms with Crippen molar-refractivity contribution >= 4 is 11.9 Å².